The van der Waals surface area contributed by atoms with Crippen LogP contribution in [0.15, 0.2) is 0 Å². The molecule has 1 fully saturated rings. The number of unbranched alkanes of at least 4 members (excludes halogenated alkanes) is 18. The standard InChI is InChI=1S/C32H60O5S2/c1-3-5-7-9-11-13-15-17-19-21-23-29(38)35-26-28(32-31(34)27(33)25-36-32)37-30(39)24-22-20-18-16-14-12-10-8-6-4-2/h27-28,31-34H,3-26H2,1-2H3/t27-,28+,31-,32-/m0/s1. The molecule has 0 bridgehead atoms. The highest BCUT2D eigenvalue weighted by Gasteiger charge is 2.41. The van der Waals surface area contributed by atoms with E-state index in [1.165, 1.54) is 103 Å². The molecule has 0 saturated carbocycles. The molecule has 1 heterocycles. The number of hydrogen-bond acceptors (Lipinski definition) is 7. The Balaban J connectivity index is 2.23. The number of ether oxygens (including phenoxy) is 3. The Morgan fingerprint density at radius 2 is 1.08 bits per heavy atom. The maximum Gasteiger partial charge on any atom is 0.162 e. The Bertz CT molecular complexity index is 603. The molecule has 1 saturated heterocycles. The van der Waals surface area contributed by atoms with E-state index < -0.39 is 24.4 Å². The summed E-state index contributed by atoms with van der Waals surface area (Å²) in [6, 6.07) is 0. The van der Waals surface area contributed by atoms with Crippen LogP contribution in [0, 0.1) is 0 Å². The van der Waals surface area contributed by atoms with Crippen molar-refractivity contribution in [2.24, 2.45) is 0 Å². The van der Waals surface area contributed by atoms with E-state index in [4.69, 9.17) is 38.6 Å². The topological polar surface area (TPSA) is 68.2 Å². The fourth-order valence-corrected chi connectivity index (χ4v) is 5.62. The van der Waals surface area contributed by atoms with Crippen LogP contribution < -0.4 is 0 Å². The number of hydrogen-bond donors (Lipinski definition) is 2. The summed E-state index contributed by atoms with van der Waals surface area (Å²) in [4.78, 5) is 0. The smallest absolute Gasteiger partial charge is 0.162 e. The quantitative estimate of drug-likeness (QED) is 0.0773. The van der Waals surface area contributed by atoms with Gasteiger partial charge < -0.3 is 24.4 Å². The monoisotopic (exact) mass is 588 g/mol. The molecule has 230 valence electrons. The molecule has 1 aliphatic heterocycles. The van der Waals surface area contributed by atoms with Gasteiger partial charge in [0.05, 0.1) is 6.61 Å². The van der Waals surface area contributed by atoms with E-state index in [0.29, 0.717) is 16.5 Å². The van der Waals surface area contributed by atoms with Crippen molar-refractivity contribution in [2.75, 3.05) is 13.2 Å². The fraction of sp³-hybridized carbons (Fsp3) is 0.938. The predicted molar refractivity (Wildman–Crippen MR) is 171 cm³/mol. The molecule has 0 unspecified atom stereocenters. The van der Waals surface area contributed by atoms with Crippen LogP contribution in [0.25, 0.3) is 0 Å². The van der Waals surface area contributed by atoms with Crippen LogP contribution in [0.4, 0.5) is 0 Å². The first-order chi connectivity index (χ1) is 19.0. The average molecular weight is 589 g/mol. The van der Waals surface area contributed by atoms with E-state index in [1.807, 2.05) is 0 Å². The van der Waals surface area contributed by atoms with Crippen molar-refractivity contribution in [1.82, 2.24) is 0 Å². The molecule has 0 aromatic heterocycles. The molecule has 0 spiro atoms. The fourth-order valence-electron chi connectivity index (χ4n) is 5.14. The van der Waals surface area contributed by atoms with E-state index in [2.05, 4.69) is 13.8 Å². The van der Waals surface area contributed by atoms with E-state index in [0.717, 1.165) is 32.1 Å². The first-order valence-electron chi connectivity index (χ1n) is 16.3. The molecular formula is C32H60O5S2. The van der Waals surface area contributed by atoms with Crippen LogP contribution in [0.3, 0.4) is 0 Å². The van der Waals surface area contributed by atoms with Crippen molar-refractivity contribution in [3.8, 4) is 0 Å². The molecule has 7 heteroatoms. The zero-order valence-electron chi connectivity index (χ0n) is 25.2. The Hall–Kier alpha value is -0.340. The van der Waals surface area contributed by atoms with Gasteiger partial charge >= 0.3 is 0 Å². The lowest BCUT2D eigenvalue weighted by Crippen LogP contribution is -2.43. The Kier molecular flexibility index (Phi) is 23.9. The van der Waals surface area contributed by atoms with Crippen LogP contribution in [0.2, 0.25) is 0 Å². The van der Waals surface area contributed by atoms with Crippen molar-refractivity contribution >= 4 is 34.5 Å². The maximum absolute atomic E-state index is 10.4. The molecule has 0 aliphatic carbocycles. The van der Waals surface area contributed by atoms with Crippen LogP contribution >= 0.6 is 24.4 Å². The second-order valence-corrected chi connectivity index (χ2v) is 12.3. The maximum atomic E-state index is 10.4. The molecule has 5 nitrogen and oxygen atoms in total. The van der Waals surface area contributed by atoms with Gasteiger partial charge in [0.25, 0.3) is 0 Å². The summed E-state index contributed by atoms with van der Waals surface area (Å²) in [6.07, 6.45) is 23.8. The minimum Gasteiger partial charge on any atom is -0.483 e. The van der Waals surface area contributed by atoms with Gasteiger partial charge in [0.2, 0.25) is 0 Å². The lowest BCUT2D eigenvalue weighted by Gasteiger charge is -2.27. The lowest BCUT2D eigenvalue weighted by molar-refractivity contribution is -0.0600. The van der Waals surface area contributed by atoms with Gasteiger partial charge in [0.15, 0.2) is 16.2 Å². The van der Waals surface area contributed by atoms with E-state index >= 15 is 0 Å². The predicted octanol–water partition coefficient (Wildman–Crippen LogP) is 8.79. The van der Waals surface area contributed by atoms with Gasteiger partial charge in [-0.25, -0.2) is 0 Å². The Labute approximate surface area is 251 Å². The molecule has 0 radical (unpaired) electrons. The third-order valence-corrected chi connectivity index (χ3v) is 8.34. The zero-order valence-corrected chi connectivity index (χ0v) is 26.8. The summed E-state index contributed by atoms with van der Waals surface area (Å²) in [5.74, 6) is 0. The molecular weight excluding hydrogens is 528 g/mol. The van der Waals surface area contributed by atoms with Crippen molar-refractivity contribution in [2.45, 2.75) is 180 Å². The second-order valence-electron chi connectivity index (χ2n) is 11.4. The zero-order chi connectivity index (χ0) is 28.6. The highest BCUT2D eigenvalue weighted by molar-refractivity contribution is 7.80. The molecule has 1 rings (SSSR count). The first kappa shape index (κ1) is 36.7. The minimum absolute atomic E-state index is 0.0833. The van der Waals surface area contributed by atoms with E-state index in [9.17, 15) is 10.2 Å². The van der Waals surface area contributed by atoms with E-state index in [-0.39, 0.29) is 13.2 Å². The number of thiocarbonyl (C=S) groups is 2. The molecule has 0 aromatic rings. The Morgan fingerprint density at radius 1 is 0.667 bits per heavy atom. The molecule has 39 heavy (non-hydrogen) atoms. The number of aliphatic hydroxyl groups is 2. The Morgan fingerprint density at radius 3 is 1.49 bits per heavy atom. The number of rotatable bonds is 26. The van der Waals surface area contributed by atoms with E-state index in [1.54, 1.807) is 0 Å². The van der Waals surface area contributed by atoms with Gasteiger partial charge in [0.1, 0.15) is 24.9 Å². The van der Waals surface area contributed by atoms with Gasteiger partial charge in [-0.05, 0) is 37.3 Å². The first-order valence-corrected chi connectivity index (χ1v) is 17.1. The van der Waals surface area contributed by atoms with Crippen molar-refractivity contribution in [3.05, 3.63) is 0 Å². The molecule has 0 amide bonds. The SMILES string of the molecule is CCCCCCCCCCCCC(=S)OC[C@@H](OC(=S)CCCCCCCCCCCC)[C@@H]1OC[C@H](O)[C@@H]1O. The summed E-state index contributed by atoms with van der Waals surface area (Å²) in [6.45, 7) is 4.76. The lowest BCUT2D eigenvalue weighted by atomic mass is 10.1. The van der Waals surface area contributed by atoms with Crippen LogP contribution in [0.5, 0.6) is 0 Å². The third kappa shape index (κ3) is 19.4. The van der Waals surface area contributed by atoms with Crippen molar-refractivity contribution in [1.29, 1.82) is 0 Å². The van der Waals surface area contributed by atoms with Gasteiger partial charge in [-0.2, -0.15) is 0 Å². The highest BCUT2D eigenvalue weighted by Crippen LogP contribution is 2.22. The largest absolute Gasteiger partial charge is 0.483 e. The van der Waals surface area contributed by atoms with Crippen molar-refractivity contribution in [3.63, 3.8) is 0 Å². The molecule has 4 atom stereocenters. The van der Waals surface area contributed by atoms with Crippen LogP contribution in [-0.2, 0) is 14.2 Å². The summed E-state index contributed by atoms with van der Waals surface area (Å²) >= 11 is 11.0. The highest BCUT2D eigenvalue weighted by atomic mass is 32.1. The average Bonchev–Trinajstić information content (AvgIpc) is 3.26. The van der Waals surface area contributed by atoms with Gasteiger partial charge in [-0.15, -0.1) is 0 Å². The molecule has 2 N–H and O–H groups in total. The van der Waals surface area contributed by atoms with Crippen molar-refractivity contribution < 1.29 is 24.4 Å². The minimum atomic E-state index is -1.02. The molecule has 1 aliphatic rings. The molecule has 0 aromatic carbocycles. The third-order valence-electron chi connectivity index (χ3n) is 7.72. The summed E-state index contributed by atoms with van der Waals surface area (Å²) in [5, 5.41) is 21.4. The second kappa shape index (κ2) is 25.4. The van der Waals surface area contributed by atoms with Gasteiger partial charge in [0, 0.05) is 12.8 Å². The summed E-state index contributed by atoms with van der Waals surface area (Å²) < 4.78 is 17.5. The van der Waals surface area contributed by atoms with Gasteiger partial charge in [-0.1, -0.05) is 129 Å². The number of aliphatic hydroxyl groups excluding tert-OH is 2. The van der Waals surface area contributed by atoms with Crippen LogP contribution in [-0.4, -0.2) is 57.9 Å². The normalized spacial score (nSPS) is 19.7. The summed E-state index contributed by atoms with van der Waals surface area (Å²) in [5.41, 5.74) is 0. The van der Waals surface area contributed by atoms with Gasteiger partial charge in [-0.3, -0.25) is 0 Å². The van der Waals surface area contributed by atoms with Crippen LogP contribution in [0.1, 0.15) is 155 Å². The summed E-state index contributed by atoms with van der Waals surface area (Å²) in [7, 11) is 0.